The molecule has 8 heteroatoms. The van der Waals surface area contributed by atoms with Crippen LogP contribution in [0.3, 0.4) is 0 Å². The zero-order chi connectivity index (χ0) is 16.4. The van der Waals surface area contributed by atoms with Crippen LogP contribution in [-0.2, 0) is 6.42 Å². The van der Waals surface area contributed by atoms with E-state index >= 15 is 0 Å². The SMILES string of the molecule is CCc1nn2ccccc2c1N(CCN)C(=O)c1ncc(Cl)s1. The van der Waals surface area contributed by atoms with Gasteiger partial charge >= 0.3 is 0 Å². The van der Waals surface area contributed by atoms with E-state index in [-0.39, 0.29) is 5.91 Å². The van der Waals surface area contributed by atoms with Crippen molar-refractivity contribution in [3.63, 3.8) is 0 Å². The van der Waals surface area contributed by atoms with Gasteiger partial charge in [0.2, 0.25) is 0 Å². The predicted molar refractivity (Wildman–Crippen MR) is 92.4 cm³/mol. The second-order valence-electron chi connectivity index (χ2n) is 4.89. The van der Waals surface area contributed by atoms with E-state index in [1.165, 1.54) is 6.20 Å². The molecule has 0 atom stereocenters. The summed E-state index contributed by atoms with van der Waals surface area (Å²) in [6, 6.07) is 5.76. The molecule has 0 aliphatic rings. The van der Waals surface area contributed by atoms with Crippen molar-refractivity contribution in [3.8, 4) is 0 Å². The molecule has 3 heterocycles. The molecule has 0 aliphatic carbocycles. The van der Waals surface area contributed by atoms with Gasteiger partial charge in [0.1, 0.15) is 4.34 Å². The van der Waals surface area contributed by atoms with E-state index < -0.39 is 0 Å². The van der Waals surface area contributed by atoms with Crippen LogP contribution in [0.25, 0.3) is 5.52 Å². The highest BCUT2D eigenvalue weighted by atomic mass is 35.5. The Hall–Kier alpha value is -1.96. The maximum atomic E-state index is 12.9. The number of fused-ring (bicyclic) bond motifs is 1. The van der Waals surface area contributed by atoms with Gasteiger partial charge in [0.15, 0.2) is 5.01 Å². The molecule has 0 spiro atoms. The van der Waals surface area contributed by atoms with Crippen molar-refractivity contribution in [1.29, 1.82) is 0 Å². The van der Waals surface area contributed by atoms with Gasteiger partial charge in [-0.3, -0.25) is 4.79 Å². The number of aromatic nitrogens is 3. The quantitative estimate of drug-likeness (QED) is 0.768. The molecule has 0 saturated carbocycles. The fraction of sp³-hybridized carbons (Fsp3) is 0.267. The summed E-state index contributed by atoms with van der Waals surface area (Å²) < 4.78 is 2.26. The van der Waals surface area contributed by atoms with E-state index in [0.717, 1.165) is 28.2 Å². The van der Waals surface area contributed by atoms with Crippen molar-refractivity contribution in [3.05, 3.63) is 45.6 Å². The van der Waals surface area contributed by atoms with Crippen molar-refractivity contribution in [1.82, 2.24) is 14.6 Å². The number of rotatable bonds is 5. The Labute approximate surface area is 142 Å². The highest BCUT2D eigenvalue weighted by Crippen LogP contribution is 2.29. The van der Waals surface area contributed by atoms with Crippen LogP contribution in [-0.4, -0.2) is 33.6 Å². The topological polar surface area (TPSA) is 76.5 Å². The molecule has 120 valence electrons. The Balaban J connectivity index is 2.13. The number of nitrogens with two attached hydrogens (primary N) is 1. The summed E-state index contributed by atoms with van der Waals surface area (Å²) in [5, 5.41) is 4.90. The van der Waals surface area contributed by atoms with E-state index in [2.05, 4.69) is 10.1 Å². The normalized spacial score (nSPS) is 11.1. The second-order valence-corrected chi connectivity index (χ2v) is 6.56. The largest absolute Gasteiger partial charge is 0.329 e. The molecule has 3 aromatic heterocycles. The molecule has 0 unspecified atom stereocenters. The summed E-state index contributed by atoms with van der Waals surface area (Å²) in [4.78, 5) is 18.6. The van der Waals surface area contributed by atoms with Gasteiger partial charge in [-0.1, -0.05) is 35.9 Å². The lowest BCUT2D eigenvalue weighted by atomic mass is 10.2. The van der Waals surface area contributed by atoms with Crippen molar-refractivity contribution in [2.24, 2.45) is 5.73 Å². The van der Waals surface area contributed by atoms with Crippen LogP contribution in [0.2, 0.25) is 4.34 Å². The molecule has 3 rings (SSSR count). The van der Waals surface area contributed by atoms with Gasteiger partial charge < -0.3 is 10.6 Å². The molecule has 23 heavy (non-hydrogen) atoms. The van der Waals surface area contributed by atoms with Crippen molar-refractivity contribution >= 4 is 40.0 Å². The van der Waals surface area contributed by atoms with E-state index in [0.29, 0.717) is 28.9 Å². The van der Waals surface area contributed by atoms with Crippen LogP contribution in [0.5, 0.6) is 0 Å². The maximum Gasteiger partial charge on any atom is 0.287 e. The van der Waals surface area contributed by atoms with Gasteiger partial charge in [-0.2, -0.15) is 5.10 Å². The van der Waals surface area contributed by atoms with Crippen molar-refractivity contribution in [2.75, 3.05) is 18.0 Å². The highest BCUT2D eigenvalue weighted by Gasteiger charge is 2.26. The van der Waals surface area contributed by atoms with Gasteiger partial charge in [-0.15, -0.1) is 0 Å². The Kier molecular flexibility index (Phi) is 4.61. The van der Waals surface area contributed by atoms with Crippen molar-refractivity contribution < 1.29 is 4.79 Å². The molecule has 0 saturated heterocycles. The molecular formula is C15H16ClN5OS. The smallest absolute Gasteiger partial charge is 0.287 e. The number of anilines is 1. The third-order valence-corrected chi connectivity index (χ3v) is 4.55. The number of halogens is 1. The zero-order valence-corrected chi connectivity index (χ0v) is 14.1. The Bertz CT molecular complexity index is 843. The number of thiazole rings is 1. The minimum absolute atomic E-state index is 0.208. The Morgan fingerprint density at radius 3 is 2.96 bits per heavy atom. The number of hydrogen-bond donors (Lipinski definition) is 1. The predicted octanol–water partition coefficient (Wildman–Crippen LogP) is 2.61. The molecule has 0 bridgehead atoms. The minimum Gasteiger partial charge on any atom is -0.329 e. The van der Waals surface area contributed by atoms with Crippen LogP contribution in [0.4, 0.5) is 5.69 Å². The standard InChI is InChI=1S/C15H16ClN5OS/c1-2-10-13(11-5-3-4-7-21(11)19-10)20(8-6-17)15(22)14-18-9-12(16)23-14/h3-5,7,9H,2,6,8,17H2,1H3. The molecule has 0 radical (unpaired) electrons. The first kappa shape index (κ1) is 15.9. The average molecular weight is 350 g/mol. The number of hydrogen-bond acceptors (Lipinski definition) is 5. The van der Waals surface area contributed by atoms with Crippen LogP contribution in [0.1, 0.15) is 22.4 Å². The Morgan fingerprint density at radius 1 is 1.48 bits per heavy atom. The lowest BCUT2D eigenvalue weighted by molar-refractivity contribution is 0.0987. The summed E-state index contributed by atoms with van der Waals surface area (Å²) in [7, 11) is 0. The van der Waals surface area contributed by atoms with Crippen molar-refractivity contribution in [2.45, 2.75) is 13.3 Å². The monoisotopic (exact) mass is 349 g/mol. The number of carbonyl (C=O) groups is 1. The summed E-state index contributed by atoms with van der Waals surface area (Å²) in [6.45, 7) is 2.74. The van der Waals surface area contributed by atoms with Crippen LogP contribution >= 0.6 is 22.9 Å². The fourth-order valence-corrected chi connectivity index (χ4v) is 3.34. The van der Waals surface area contributed by atoms with Crippen LogP contribution in [0.15, 0.2) is 30.6 Å². The zero-order valence-electron chi connectivity index (χ0n) is 12.6. The molecule has 0 fully saturated rings. The lowest BCUT2D eigenvalue weighted by Gasteiger charge is -2.21. The number of pyridine rings is 1. The lowest BCUT2D eigenvalue weighted by Crippen LogP contribution is -2.36. The molecule has 0 aliphatic heterocycles. The van der Waals surface area contributed by atoms with Gasteiger partial charge in [0, 0.05) is 19.3 Å². The first-order chi connectivity index (χ1) is 11.2. The first-order valence-electron chi connectivity index (χ1n) is 7.25. The van der Waals surface area contributed by atoms with Gasteiger partial charge in [0.05, 0.1) is 23.1 Å². The fourth-order valence-electron chi connectivity index (χ4n) is 2.48. The van der Waals surface area contributed by atoms with E-state index in [4.69, 9.17) is 17.3 Å². The van der Waals surface area contributed by atoms with Crippen LogP contribution in [0, 0.1) is 0 Å². The van der Waals surface area contributed by atoms with Crippen LogP contribution < -0.4 is 10.6 Å². The molecule has 3 aromatic rings. The van der Waals surface area contributed by atoms with E-state index in [9.17, 15) is 4.79 Å². The summed E-state index contributed by atoms with van der Waals surface area (Å²) in [6.07, 6.45) is 4.06. The third kappa shape index (κ3) is 2.95. The molecular weight excluding hydrogens is 334 g/mol. The molecule has 6 nitrogen and oxygen atoms in total. The summed E-state index contributed by atoms with van der Waals surface area (Å²) in [5.41, 5.74) is 8.23. The number of amides is 1. The molecule has 1 amide bonds. The first-order valence-corrected chi connectivity index (χ1v) is 8.44. The van der Waals surface area contributed by atoms with E-state index in [1.54, 1.807) is 9.42 Å². The average Bonchev–Trinajstić information content (AvgIpc) is 3.15. The second kappa shape index (κ2) is 6.66. The molecule has 0 aromatic carbocycles. The van der Waals surface area contributed by atoms with Gasteiger partial charge in [-0.05, 0) is 18.6 Å². The molecule has 2 N–H and O–H groups in total. The summed E-state index contributed by atoms with van der Waals surface area (Å²) in [5.74, 6) is -0.208. The maximum absolute atomic E-state index is 12.9. The summed E-state index contributed by atoms with van der Waals surface area (Å²) >= 11 is 7.07. The van der Waals surface area contributed by atoms with Gasteiger partial charge in [0.25, 0.3) is 5.91 Å². The van der Waals surface area contributed by atoms with Gasteiger partial charge in [-0.25, -0.2) is 9.50 Å². The minimum atomic E-state index is -0.208. The van der Waals surface area contributed by atoms with E-state index in [1.807, 2.05) is 31.3 Å². The third-order valence-electron chi connectivity index (χ3n) is 3.45. The number of aryl methyl sites for hydroxylation is 1. The Morgan fingerprint density at radius 2 is 2.30 bits per heavy atom. The number of carbonyl (C=O) groups excluding carboxylic acids is 1. The number of nitrogens with zero attached hydrogens (tertiary/aromatic N) is 4. The highest BCUT2D eigenvalue weighted by molar-refractivity contribution is 7.17.